The second-order valence-corrected chi connectivity index (χ2v) is 9.59. The molecule has 0 radical (unpaired) electrons. The lowest BCUT2D eigenvalue weighted by Gasteiger charge is -2.62. The number of carbonyl (C=O) groups is 2. The Morgan fingerprint density at radius 1 is 1.17 bits per heavy atom. The van der Waals surface area contributed by atoms with E-state index in [9.17, 15) is 27.9 Å². The molecule has 0 spiro atoms. The van der Waals surface area contributed by atoms with Crippen LogP contribution >= 0.6 is 0 Å². The standard InChI is InChI=1S/C20H26F3N3O3/c1-24-14-4-2-3-5-26(14)16(27)15(25-17(28)20(21,22)23)18-7-12-6-13(8-18)10-19(29,9-12)11-18/h12-15,29H,2-11H2,(H,25,28)/t12?,13?,14-,15+,18?,19?/m0/s1. The van der Waals surface area contributed by atoms with Gasteiger partial charge in [-0.1, -0.05) is 0 Å². The molecule has 2 unspecified atom stereocenters. The fourth-order valence-corrected chi connectivity index (χ4v) is 6.78. The topological polar surface area (TPSA) is 74.0 Å². The number of alkyl halides is 3. The summed E-state index contributed by atoms with van der Waals surface area (Å²) in [7, 11) is 0. The molecule has 160 valence electrons. The summed E-state index contributed by atoms with van der Waals surface area (Å²) in [6, 6.07) is -1.36. The van der Waals surface area contributed by atoms with E-state index in [0.29, 0.717) is 45.1 Å². The van der Waals surface area contributed by atoms with Crippen LogP contribution < -0.4 is 5.32 Å². The van der Waals surface area contributed by atoms with Crippen molar-refractivity contribution in [3.05, 3.63) is 11.4 Å². The molecule has 0 aromatic heterocycles. The van der Waals surface area contributed by atoms with Gasteiger partial charge in [-0.05, 0) is 63.2 Å². The van der Waals surface area contributed by atoms with Crippen molar-refractivity contribution in [2.45, 2.75) is 81.8 Å². The van der Waals surface area contributed by atoms with Crippen LogP contribution in [0, 0.1) is 23.8 Å². The molecule has 1 saturated heterocycles. The van der Waals surface area contributed by atoms with Crippen molar-refractivity contribution in [3.8, 4) is 0 Å². The third-order valence-corrected chi connectivity index (χ3v) is 7.37. The molecule has 1 aliphatic heterocycles. The van der Waals surface area contributed by atoms with E-state index in [1.165, 1.54) is 4.90 Å². The van der Waals surface area contributed by atoms with Crippen molar-refractivity contribution in [1.82, 2.24) is 10.2 Å². The van der Waals surface area contributed by atoms with Crippen LogP contribution in [0.25, 0.3) is 4.85 Å². The van der Waals surface area contributed by atoms with Crippen LogP contribution in [0.5, 0.6) is 0 Å². The minimum absolute atomic E-state index is 0.150. The van der Waals surface area contributed by atoms with E-state index in [0.717, 1.165) is 12.8 Å². The quantitative estimate of drug-likeness (QED) is 0.699. The van der Waals surface area contributed by atoms with Gasteiger partial charge in [-0.15, -0.1) is 0 Å². The molecule has 1 heterocycles. The Morgan fingerprint density at radius 2 is 1.83 bits per heavy atom. The van der Waals surface area contributed by atoms with Crippen LogP contribution in [0.4, 0.5) is 13.2 Å². The van der Waals surface area contributed by atoms with Gasteiger partial charge >= 0.3 is 18.2 Å². The molecule has 2 amide bonds. The van der Waals surface area contributed by atoms with Gasteiger partial charge in [0.25, 0.3) is 5.91 Å². The molecule has 9 heteroatoms. The highest BCUT2D eigenvalue weighted by atomic mass is 19.4. The summed E-state index contributed by atoms with van der Waals surface area (Å²) in [5, 5.41) is 13.0. The van der Waals surface area contributed by atoms with Gasteiger partial charge in [0.1, 0.15) is 6.04 Å². The van der Waals surface area contributed by atoms with E-state index in [1.54, 1.807) is 0 Å². The summed E-state index contributed by atoms with van der Waals surface area (Å²) in [5.41, 5.74) is -1.87. The van der Waals surface area contributed by atoms with E-state index < -0.39 is 41.2 Å². The Kier molecular flexibility index (Phi) is 4.84. The average Bonchev–Trinajstić information content (AvgIpc) is 2.62. The number of nitrogens with one attached hydrogen (secondary N) is 1. The number of halogens is 3. The van der Waals surface area contributed by atoms with Crippen LogP contribution in [0.2, 0.25) is 0 Å². The van der Waals surface area contributed by atoms with E-state index in [2.05, 4.69) is 4.85 Å². The van der Waals surface area contributed by atoms with E-state index >= 15 is 0 Å². The molecule has 2 N–H and O–H groups in total. The highest BCUT2D eigenvalue weighted by Crippen LogP contribution is 2.63. The molecule has 4 saturated carbocycles. The molecule has 0 aromatic carbocycles. The maximum atomic E-state index is 13.5. The first-order chi connectivity index (χ1) is 13.6. The zero-order chi connectivity index (χ0) is 21.0. The predicted molar refractivity (Wildman–Crippen MR) is 96.0 cm³/mol. The molecule has 5 rings (SSSR count). The van der Waals surface area contributed by atoms with Crippen molar-refractivity contribution in [3.63, 3.8) is 0 Å². The van der Waals surface area contributed by atoms with Crippen molar-refractivity contribution in [1.29, 1.82) is 0 Å². The average molecular weight is 413 g/mol. The smallest absolute Gasteiger partial charge is 0.390 e. The van der Waals surface area contributed by atoms with Gasteiger partial charge in [0.2, 0.25) is 0 Å². The van der Waals surface area contributed by atoms with Gasteiger partial charge in [-0.3, -0.25) is 19.3 Å². The Hall–Kier alpha value is -1.82. The zero-order valence-corrected chi connectivity index (χ0v) is 16.2. The van der Waals surface area contributed by atoms with Crippen molar-refractivity contribution >= 4 is 11.8 Å². The number of aliphatic hydroxyl groups is 1. The molecular formula is C20H26F3N3O3. The second kappa shape index (κ2) is 6.86. The summed E-state index contributed by atoms with van der Waals surface area (Å²) in [6.07, 6.45) is -0.472. The van der Waals surface area contributed by atoms with Crippen molar-refractivity contribution in [2.24, 2.45) is 17.3 Å². The van der Waals surface area contributed by atoms with Crippen molar-refractivity contribution in [2.75, 3.05) is 6.54 Å². The lowest BCUT2D eigenvalue weighted by molar-refractivity contribution is -0.191. The highest BCUT2D eigenvalue weighted by molar-refractivity contribution is 5.91. The summed E-state index contributed by atoms with van der Waals surface area (Å²) in [6.45, 7) is 7.68. The molecule has 4 bridgehead atoms. The van der Waals surface area contributed by atoms with Gasteiger partial charge < -0.3 is 10.4 Å². The molecule has 6 nitrogen and oxygen atoms in total. The second-order valence-electron chi connectivity index (χ2n) is 9.59. The lowest BCUT2D eigenvalue weighted by atomic mass is 9.46. The van der Waals surface area contributed by atoms with Crippen LogP contribution in [0.3, 0.4) is 0 Å². The largest absolute Gasteiger partial charge is 0.471 e. The Bertz CT molecular complexity index is 733. The summed E-state index contributed by atoms with van der Waals surface area (Å²) >= 11 is 0. The number of rotatable bonds is 3. The summed E-state index contributed by atoms with van der Waals surface area (Å²) in [4.78, 5) is 30.2. The molecule has 0 aromatic rings. The first-order valence-corrected chi connectivity index (χ1v) is 10.3. The number of nitrogens with zero attached hydrogens (tertiary/aromatic N) is 2. The summed E-state index contributed by atoms with van der Waals surface area (Å²) < 4.78 is 39.2. The fourth-order valence-electron chi connectivity index (χ4n) is 6.78. The lowest BCUT2D eigenvalue weighted by Crippen LogP contribution is -2.67. The molecule has 29 heavy (non-hydrogen) atoms. The number of hydrogen-bond donors (Lipinski definition) is 2. The predicted octanol–water partition coefficient (Wildman–Crippen LogP) is 2.62. The Labute approximate surface area is 167 Å². The zero-order valence-electron chi connectivity index (χ0n) is 16.2. The molecule has 4 atom stereocenters. The number of amides is 2. The maximum absolute atomic E-state index is 13.5. The number of piperidine rings is 1. The Balaban J connectivity index is 1.68. The van der Waals surface area contributed by atoms with Crippen molar-refractivity contribution < 1.29 is 27.9 Å². The third kappa shape index (κ3) is 3.60. The van der Waals surface area contributed by atoms with E-state index in [-0.39, 0.29) is 18.3 Å². The first-order valence-electron chi connectivity index (χ1n) is 10.3. The maximum Gasteiger partial charge on any atom is 0.471 e. The third-order valence-electron chi connectivity index (χ3n) is 7.37. The van der Waals surface area contributed by atoms with E-state index in [4.69, 9.17) is 6.57 Å². The van der Waals surface area contributed by atoms with Gasteiger partial charge in [-0.2, -0.15) is 13.2 Å². The minimum atomic E-state index is -5.10. The number of carbonyl (C=O) groups excluding carboxylic acids is 2. The minimum Gasteiger partial charge on any atom is -0.390 e. The number of hydrogen-bond acceptors (Lipinski definition) is 3. The normalized spacial score (nSPS) is 39.7. The molecule has 5 fully saturated rings. The van der Waals surface area contributed by atoms with Gasteiger partial charge in [0, 0.05) is 18.4 Å². The molecule has 5 aliphatic rings. The highest BCUT2D eigenvalue weighted by Gasteiger charge is 2.62. The molecular weight excluding hydrogens is 387 g/mol. The van der Waals surface area contributed by atoms with Gasteiger partial charge in [0.05, 0.1) is 5.60 Å². The van der Waals surface area contributed by atoms with Crippen LogP contribution in [-0.2, 0) is 9.59 Å². The SMILES string of the molecule is [C-]#[N+][C@@H]1CCCCN1C(=O)[C@@H](NC(=O)C(F)(F)F)C12CC3CC(CC(O)(C3)C1)C2. The molecule has 4 aliphatic carbocycles. The van der Waals surface area contributed by atoms with E-state index in [1.807, 2.05) is 5.32 Å². The summed E-state index contributed by atoms with van der Waals surface area (Å²) in [5.74, 6) is -2.43. The van der Waals surface area contributed by atoms with Crippen LogP contribution in [-0.4, -0.2) is 52.4 Å². The van der Waals surface area contributed by atoms with Crippen LogP contribution in [0.15, 0.2) is 0 Å². The fraction of sp³-hybridized carbons (Fsp3) is 0.850. The van der Waals surface area contributed by atoms with Gasteiger partial charge in [-0.25, -0.2) is 6.57 Å². The number of likely N-dealkylation sites (tertiary alicyclic amines) is 1. The van der Waals surface area contributed by atoms with Crippen LogP contribution in [0.1, 0.15) is 57.8 Å². The van der Waals surface area contributed by atoms with Gasteiger partial charge in [0.15, 0.2) is 0 Å². The monoisotopic (exact) mass is 413 g/mol. The first kappa shape index (κ1) is 20.5. The Morgan fingerprint density at radius 3 is 2.38 bits per heavy atom.